The molecule has 0 amide bonds. The Balaban J connectivity index is -0.000000132. The van der Waals surface area contributed by atoms with Gasteiger partial charge in [-0.1, -0.05) is 38.5 Å². The van der Waals surface area contributed by atoms with Gasteiger partial charge < -0.3 is 92.4 Å². The molecular formula is C20H49Ag4N18O6-9. The molecule has 6 aliphatic rings. The Morgan fingerprint density at radius 2 is 0.562 bits per heavy atom. The van der Waals surface area contributed by atoms with Gasteiger partial charge in [0.1, 0.15) is 4.91 Å². The Kier molecular flexibility index (Phi) is 44.1. The fraction of sp³-hybridized carbons (Fsp3) is 1.00. The van der Waals surface area contributed by atoms with Crippen molar-refractivity contribution in [1.29, 1.82) is 0 Å². The predicted octanol–water partition coefficient (Wildman–Crippen LogP) is 4.56. The molecule has 0 saturated carbocycles. The minimum absolute atomic E-state index is 0. The van der Waals surface area contributed by atoms with Crippen molar-refractivity contribution in [1.82, 2.24) is 30.1 Å². The zero-order valence-corrected chi connectivity index (χ0v) is 32.2. The molecule has 6 aliphatic heterocycles. The molecule has 0 bridgehead atoms. The van der Waals surface area contributed by atoms with E-state index in [9.17, 15) is 0 Å². The number of nitrogens with two attached hydrogens (primary N) is 4. The molecule has 11 N–H and O–H groups in total. The second kappa shape index (κ2) is 34.8. The first-order valence-electron chi connectivity index (χ1n) is 13.7. The van der Waals surface area contributed by atoms with Crippen molar-refractivity contribution in [2.24, 2.45) is 0 Å². The summed E-state index contributed by atoms with van der Waals surface area (Å²) in [7, 11) is 0. The third-order valence-electron chi connectivity index (χ3n) is 6.56. The summed E-state index contributed by atoms with van der Waals surface area (Å²) >= 11 is 0. The zero-order chi connectivity index (χ0) is 28.7. The van der Waals surface area contributed by atoms with E-state index in [4.69, 9.17) is 30.6 Å². The monoisotopic (exact) mass is 1070 g/mol. The zero-order valence-electron chi connectivity index (χ0n) is 26.2. The van der Waals surface area contributed by atoms with E-state index in [2.05, 4.69) is 62.6 Å². The van der Waals surface area contributed by atoms with Crippen molar-refractivity contribution in [2.75, 3.05) is 78.5 Å². The van der Waals surface area contributed by atoms with E-state index in [1.165, 1.54) is 0 Å². The normalized spacial score (nSPS) is 20.9. The Hall–Kier alpha value is 0.721. The van der Waals surface area contributed by atoms with Crippen molar-refractivity contribution < 1.29 is 115 Å². The molecule has 24 nitrogen and oxygen atoms in total. The van der Waals surface area contributed by atoms with Crippen LogP contribution in [0.2, 0.25) is 0 Å². The summed E-state index contributed by atoms with van der Waals surface area (Å²) in [5, 5.41) is 39.2. The molecule has 308 valence electrons. The van der Waals surface area contributed by atoms with Crippen LogP contribution in [0, 0.1) is 15.0 Å². The van der Waals surface area contributed by atoms with Crippen LogP contribution in [-0.4, -0.2) is 147 Å². The summed E-state index contributed by atoms with van der Waals surface area (Å²) in [6.07, 6.45) is 7.31. The molecule has 48 heavy (non-hydrogen) atoms. The molecule has 0 atom stereocenters. The quantitative estimate of drug-likeness (QED) is 0.187. The molecule has 0 aliphatic carbocycles. The maximum atomic E-state index is 8.47. The SMILES string of the molecule is C1C[N-]N(C(N2CCC[N-]2)N2CCC[N-]2)C1.C1C[N-]N(C(N2CCC[N-]2)N2CCC[N-]2)C1.O=[N+](O)O.O=[N+]([O-])O.[Ag].[Ag].[Ag].[Ag].[NH2-].[NH2-].[NH2-].[NH2-]. The molecule has 0 unspecified atom stereocenters. The van der Waals surface area contributed by atoms with Gasteiger partial charge in [-0.25, -0.2) is 10.4 Å². The van der Waals surface area contributed by atoms with Gasteiger partial charge >= 0.3 is 5.09 Å². The van der Waals surface area contributed by atoms with Crippen LogP contribution < -0.4 is 0 Å². The average Bonchev–Trinajstić information content (AvgIpc) is 3.72. The first-order valence-corrected chi connectivity index (χ1v) is 13.7. The van der Waals surface area contributed by atoms with E-state index < -0.39 is 10.2 Å². The third kappa shape index (κ3) is 21.9. The van der Waals surface area contributed by atoms with E-state index in [0.717, 1.165) is 117 Å². The van der Waals surface area contributed by atoms with Gasteiger partial charge in [0.2, 0.25) is 0 Å². The molecule has 0 spiro atoms. The summed E-state index contributed by atoms with van der Waals surface area (Å²) < 4.78 is 0. The van der Waals surface area contributed by atoms with Crippen LogP contribution in [0.1, 0.15) is 38.5 Å². The van der Waals surface area contributed by atoms with Crippen molar-refractivity contribution >= 4 is 0 Å². The van der Waals surface area contributed by atoms with E-state index in [0.29, 0.717) is 0 Å². The second-order valence-electron chi connectivity index (χ2n) is 9.47. The Bertz CT molecular complexity index is 604. The van der Waals surface area contributed by atoms with Crippen molar-refractivity contribution in [3.63, 3.8) is 0 Å². The minimum atomic E-state index is -1.50. The molecule has 28 heteroatoms. The van der Waals surface area contributed by atoms with Crippen LogP contribution >= 0.6 is 0 Å². The number of hydrogen-bond donors (Lipinski definition) is 3. The standard InChI is InChI=1S/2C10H19N6.4Ag.H2NO3.HNO3.4H2N/c2*1-4-11-14(7-1)10(15-8-2-5-12-15)16-9-3-6-13-16;;;;;2*2-1(3)4;;;;/h2*10H,1-9H2;;;;;(H2,2,3,4);(H,2,3,4);4*1H2/q2*-3;;;;;+1;;4*-1. The summed E-state index contributed by atoms with van der Waals surface area (Å²) in [5.41, 5.74) is 27.3. The number of nitrogens with zero attached hydrogens (tertiary/aromatic N) is 14. The van der Waals surface area contributed by atoms with Crippen LogP contribution in [-0.2, 0) is 89.5 Å². The third-order valence-corrected chi connectivity index (χ3v) is 6.56. The summed E-state index contributed by atoms with van der Waals surface area (Å²) in [4.78, 5) is 16.8. The molecule has 0 aromatic heterocycles. The van der Waals surface area contributed by atoms with Gasteiger partial charge in [-0.05, 0) is 39.3 Å². The van der Waals surface area contributed by atoms with Gasteiger partial charge in [-0.3, -0.25) is 0 Å². The summed E-state index contributed by atoms with van der Waals surface area (Å²) in [5.74, 6) is 0. The van der Waals surface area contributed by atoms with Crippen LogP contribution in [0.3, 0.4) is 0 Å². The van der Waals surface area contributed by atoms with Gasteiger partial charge in [0.05, 0.1) is 12.6 Å². The van der Waals surface area contributed by atoms with Crippen LogP contribution in [0.25, 0.3) is 57.2 Å². The van der Waals surface area contributed by atoms with Crippen LogP contribution in [0.4, 0.5) is 0 Å². The van der Waals surface area contributed by atoms with E-state index in [1.54, 1.807) is 0 Å². The molecule has 6 saturated heterocycles. The molecule has 6 rings (SSSR count). The van der Waals surface area contributed by atoms with E-state index in [-0.39, 0.29) is 127 Å². The second-order valence-corrected chi connectivity index (χ2v) is 9.47. The molecule has 4 radical (unpaired) electrons. The van der Waals surface area contributed by atoms with Gasteiger partial charge in [0, 0.05) is 89.5 Å². The number of hydrogen-bond acceptors (Lipinski definition) is 9. The maximum absolute atomic E-state index is 8.47. The van der Waals surface area contributed by atoms with E-state index >= 15 is 0 Å². The summed E-state index contributed by atoms with van der Waals surface area (Å²) in [6.45, 7) is 12.0. The van der Waals surface area contributed by atoms with Gasteiger partial charge in [-0.15, -0.1) is 49.4 Å². The van der Waals surface area contributed by atoms with Crippen molar-refractivity contribution in [3.05, 3.63) is 72.2 Å². The predicted molar refractivity (Wildman–Crippen MR) is 162 cm³/mol. The fourth-order valence-corrected chi connectivity index (χ4v) is 5.07. The smallest absolute Gasteiger partial charge is 0.472 e. The minimum Gasteiger partial charge on any atom is -0.693 e. The van der Waals surface area contributed by atoms with Crippen LogP contribution in [0.15, 0.2) is 0 Å². The van der Waals surface area contributed by atoms with Gasteiger partial charge in [0.15, 0.2) is 0 Å². The van der Waals surface area contributed by atoms with Crippen LogP contribution in [0.5, 0.6) is 0 Å². The molecular weight excluding hydrogens is 1020 g/mol. The molecule has 6 fully saturated rings. The maximum Gasteiger partial charge on any atom is 0.472 e. The van der Waals surface area contributed by atoms with Crippen molar-refractivity contribution in [3.8, 4) is 0 Å². The Morgan fingerprint density at radius 3 is 0.646 bits per heavy atom. The number of rotatable bonds is 6. The Labute approximate surface area is 344 Å². The summed E-state index contributed by atoms with van der Waals surface area (Å²) in [6, 6.07) is 0. The first-order chi connectivity index (χ1) is 19.4. The molecule has 0 aromatic carbocycles. The topological polar surface area (TPSA) is 362 Å². The fourth-order valence-electron chi connectivity index (χ4n) is 5.07. The molecule has 6 heterocycles. The first kappa shape index (κ1) is 60.8. The van der Waals surface area contributed by atoms with Crippen molar-refractivity contribution in [2.45, 2.75) is 51.1 Å². The average molecular weight is 1070 g/mol. The van der Waals surface area contributed by atoms with Gasteiger partial charge in [-0.2, -0.15) is 0 Å². The van der Waals surface area contributed by atoms with Gasteiger partial charge in [0.25, 0.3) is 5.09 Å². The molecule has 0 aromatic rings. The largest absolute Gasteiger partial charge is 0.693 e. The van der Waals surface area contributed by atoms with E-state index in [1.807, 2.05) is 0 Å². The Morgan fingerprint density at radius 1 is 0.438 bits per heavy atom.